The fourth-order valence-corrected chi connectivity index (χ4v) is 4.08. The van der Waals surface area contributed by atoms with Crippen LogP contribution in [0.3, 0.4) is 0 Å². The molecule has 3 aliphatic rings. The Bertz CT molecular complexity index is 394. The molecule has 21 heavy (non-hydrogen) atoms. The van der Waals surface area contributed by atoms with Crippen molar-refractivity contribution in [3.63, 3.8) is 0 Å². The van der Waals surface area contributed by atoms with Gasteiger partial charge in [0.1, 0.15) is 0 Å². The Balaban J connectivity index is 0.00000110. The highest BCUT2D eigenvalue weighted by Crippen LogP contribution is 2.37. The Morgan fingerprint density at radius 2 is 2.05 bits per heavy atom. The van der Waals surface area contributed by atoms with E-state index >= 15 is 0 Å². The average Bonchev–Trinajstić information content (AvgIpc) is 2.40. The van der Waals surface area contributed by atoms with Crippen LogP contribution < -0.4 is 5.32 Å². The molecule has 3 atom stereocenters. The first-order valence-corrected chi connectivity index (χ1v) is 7.41. The Kier molecular flexibility index (Phi) is 6.75. The molecule has 3 heterocycles. The van der Waals surface area contributed by atoms with E-state index in [1.807, 2.05) is 11.9 Å². The minimum Gasteiger partial charge on any atom is -0.341 e. The summed E-state index contributed by atoms with van der Waals surface area (Å²) in [6.45, 7) is 2.95. The highest BCUT2D eigenvalue weighted by atomic mass is 35.5. The molecular weight excluding hydrogens is 313 g/mol. The summed E-state index contributed by atoms with van der Waals surface area (Å²) in [4.78, 5) is 28.2. The second kappa shape index (κ2) is 7.65. The van der Waals surface area contributed by atoms with Gasteiger partial charge in [0.2, 0.25) is 11.8 Å². The quantitative estimate of drug-likeness (QED) is 0.814. The maximum Gasteiger partial charge on any atom is 0.236 e. The van der Waals surface area contributed by atoms with Crippen molar-refractivity contribution in [2.75, 3.05) is 33.2 Å². The molecule has 0 unspecified atom stereocenters. The number of rotatable bonds is 2. The van der Waals surface area contributed by atoms with E-state index in [1.165, 1.54) is 6.42 Å². The number of carbonyl (C=O) groups excluding carboxylic acids is 2. The van der Waals surface area contributed by atoms with E-state index in [0.717, 1.165) is 38.9 Å². The topological polar surface area (TPSA) is 52.7 Å². The molecule has 0 saturated carbocycles. The SMILES string of the molecule is CNCC(=O)N1C[C@@H]2C[C@@H](C1)[C@@H]1CCCC(=O)N1C2.Cl.Cl. The summed E-state index contributed by atoms with van der Waals surface area (Å²) in [5.41, 5.74) is 0. The number of halogens is 2. The molecule has 5 nitrogen and oxygen atoms in total. The number of amides is 2. The van der Waals surface area contributed by atoms with E-state index in [4.69, 9.17) is 0 Å². The lowest BCUT2D eigenvalue weighted by Crippen LogP contribution is -2.61. The third kappa shape index (κ3) is 3.63. The molecule has 3 rings (SSSR count). The van der Waals surface area contributed by atoms with E-state index in [1.54, 1.807) is 0 Å². The molecule has 0 aromatic carbocycles. The number of hydrogen-bond donors (Lipinski definition) is 1. The van der Waals surface area contributed by atoms with Crippen molar-refractivity contribution >= 4 is 36.6 Å². The Morgan fingerprint density at radius 3 is 2.76 bits per heavy atom. The molecule has 7 heteroatoms. The number of nitrogens with zero attached hydrogens (tertiary/aromatic N) is 2. The first kappa shape index (κ1) is 18.5. The lowest BCUT2D eigenvalue weighted by atomic mass is 9.76. The van der Waals surface area contributed by atoms with Gasteiger partial charge >= 0.3 is 0 Å². The van der Waals surface area contributed by atoms with Gasteiger partial charge in [-0.15, -0.1) is 24.8 Å². The van der Waals surface area contributed by atoms with Gasteiger partial charge in [0.15, 0.2) is 0 Å². The van der Waals surface area contributed by atoms with Crippen LogP contribution in [0.4, 0.5) is 0 Å². The van der Waals surface area contributed by atoms with Gasteiger partial charge in [-0.3, -0.25) is 9.59 Å². The average molecular weight is 338 g/mol. The minimum absolute atomic E-state index is 0. The highest BCUT2D eigenvalue weighted by molar-refractivity contribution is 5.85. The van der Waals surface area contributed by atoms with Crippen LogP contribution in [-0.2, 0) is 9.59 Å². The largest absolute Gasteiger partial charge is 0.341 e. The molecule has 3 saturated heterocycles. The number of carbonyl (C=O) groups is 2. The summed E-state index contributed by atoms with van der Waals surface area (Å²) in [7, 11) is 1.81. The first-order chi connectivity index (χ1) is 9.19. The molecule has 2 amide bonds. The van der Waals surface area contributed by atoms with Crippen molar-refractivity contribution in [1.29, 1.82) is 0 Å². The van der Waals surface area contributed by atoms with Gasteiger partial charge in [-0.2, -0.15) is 0 Å². The molecule has 0 radical (unpaired) electrons. The zero-order chi connectivity index (χ0) is 13.4. The molecule has 0 aromatic heterocycles. The lowest BCUT2D eigenvalue weighted by Gasteiger charge is -2.52. The van der Waals surface area contributed by atoms with Gasteiger partial charge in [0.05, 0.1) is 6.54 Å². The fourth-order valence-electron chi connectivity index (χ4n) is 4.08. The van der Waals surface area contributed by atoms with Crippen LogP contribution in [0.15, 0.2) is 0 Å². The van der Waals surface area contributed by atoms with Crippen molar-refractivity contribution in [3.05, 3.63) is 0 Å². The molecule has 0 spiro atoms. The molecular formula is C14H25Cl2N3O2. The highest BCUT2D eigenvalue weighted by Gasteiger charge is 2.44. The Labute approximate surface area is 138 Å². The van der Waals surface area contributed by atoms with Crippen molar-refractivity contribution in [2.24, 2.45) is 11.8 Å². The molecule has 122 valence electrons. The van der Waals surface area contributed by atoms with Crippen molar-refractivity contribution in [2.45, 2.75) is 31.7 Å². The summed E-state index contributed by atoms with van der Waals surface area (Å²) in [5.74, 6) is 1.52. The Morgan fingerprint density at radius 1 is 1.29 bits per heavy atom. The van der Waals surface area contributed by atoms with Gasteiger partial charge in [-0.1, -0.05) is 0 Å². The van der Waals surface area contributed by atoms with E-state index in [2.05, 4.69) is 10.2 Å². The summed E-state index contributed by atoms with van der Waals surface area (Å²) in [5, 5.41) is 2.94. The van der Waals surface area contributed by atoms with E-state index in [-0.39, 0.29) is 30.7 Å². The minimum atomic E-state index is 0. The molecule has 3 aliphatic heterocycles. The van der Waals surface area contributed by atoms with E-state index in [0.29, 0.717) is 30.3 Å². The second-order valence-electron chi connectivity index (χ2n) is 6.20. The summed E-state index contributed by atoms with van der Waals surface area (Å²) in [6.07, 6.45) is 4.05. The number of hydrogen-bond acceptors (Lipinski definition) is 3. The third-order valence-electron chi connectivity index (χ3n) is 4.86. The number of likely N-dealkylation sites (N-methyl/N-ethyl adjacent to an activating group) is 1. The molecule has 1 N–H and O–H groups in total. The number of piperidine rings is 3. The number of fused-ring (bicyclic) bond motifs is 4. The first-order valence-electron chi connectivity index (χ1n) is 7.41. The zero-order valence-corrected chi connectivity index (χ0v) is 14.0. The summed E-state index contributed by atoms with van der Waals surface area (Å²) in [6, 6.07) is 0.391. The van der Waals surface area contributed by atoms with Crippen LogP contribution in [0, 0.1) is 11.8 Å². The van der Waals surface area contributed by atoms with Gasteiger partial charge in [0, 0.05) is 32.1 Å². The van der Waals surface area contributed by atoms with Crippen LogP contribution in [0.2, 0.25) is 0 Å². The zero-order valence-electron chi connectivity index (χ0n) is 12.4. The predicted molar refractivity (Wildman–Crippen MR) is 86.0 cm³/mol. The van der Waals surface area contributed by atoms with Crippen molar-refractivity contribution in [1.82, 2.24) is 15.1 Å². The number of likely N-dealkylation sites (tertiary alicyclic amines) is 1. The van der Waals surface area contributed by atoms with E-state index < -0.39 is 0 Å². The van der Waals surface area contributed by atoms with Crippen LogP contribution in [-0.4, -0.2) is 60.9 Å². The smallest absolute Gasteiger partial charge is 0.236 e. The molecule has 2 bridgehead atoms. The maximum atomic E-state index is 12.0. The van der Waals surface area contributed by atoms with Crippen LogP contribution in [0.5, 0.6) is 0 Å². The fraction of sp³-hybridized carbons (Fsp3) is 0.857. The maximum absolute atomic E-state index is 12.0. The van der Waals surface area contributed by atoms with Crippen LogP contribution in [0.25, 0.3) is 0 Å². The Hall–Kier alpha value is -0.520. The van der Waals surface area contributed by atoms with Gasteiger partial charge in [-0.05, 0) is 38.1 Å². The predicted octanol–water partition coefficient (Wildman–Crippen LogP) is 0.909. The number of nitrogens with one attached hydrogen (secondary N) is 1. The van der Waals surface area contributed by atoms with Crippen LogP contribution >= 0.6 is 24.8 Å². The van der Waals surface area contributed by atoms with E-state index in [9.17, 15) is 9.59 Å². The summed E-state index contributed by atoms with van der Waals surface area (Å²) >= 11 is 0. The molecule has 3 fully saturated rings. The normalized spacial score (nSPS) is 30.9. The van der Waals surface area contributed by atoms with Gasteiger partial charge in [0.25, 0.3) is 0 Å². The lowest BCUT2D eigenvalue weighted by molar-refractivity contribution is -0.148. The standard InChI is InChI=1S/C14H23N3O2.2ClH/c1-15-6-14(19)16-7-10-5-11(9-16)12-3-2-4-13(18)17(12)8-10;;/h10-12,15H,2-9H2,1H3;2*1H/t10-,11-,12-;;/m0../s1. The van der Waals surface area contributed by atoms with Crippen LogP contribution in [0.1, 0.15) is 25.7 Å². The van der Waals surface area contributed by atoms with Crippen molar-refractivity contribution < 1.29 is 9.59 Å². The third-order valence-corrected chi connectivity index (χ3v) is 4.86. The second-order valence-corrected chi connectivity index (χ2v) is 6.20. The molecule has 0 aromatic rings. The van der Waals surface area contributed by atoms with Gasteiger partial charge < -0.3 is 15.1 Å². The summed E-state index contributed by atoms with van der Waals surface area (Å²) < 4.78 is 0. The molecule has 0 aliphatic carbocycles. The van der Waals surface area contributed by atoms with Gasteiger partial charge in [-0.25, -0.2) is 0 Å². The van der Waals surface area contributed by atoms with Crippen molar-refractivity contribution in [3.8, 4) is 0 Å². The monoisotopic (exact) mass is 337 g/mol.